The molecule has 0 spiro atoms. The van der Waals surface area contributed by atoms with E-state index in [2.05, 4.69) is 5.43 Å². The largest absolute Gasteiger partial charge is 0.314 e. The number of nitrogens with one attached hydrogen (secondary N) is 1. The summed E-state index contributed by atoms with van der Waals surface area (Å²) in [6.45, 7) is 1.75. The van der Waals surface area contributed by atoms with Crippen LogP contribution >= 0.6 is 11.6 Å². The fourth-order valence-corrected chi connectivity index (χ4v) is 3.01. The molecule has 0 aromatic rings. The van der Waals surface area contributed by atoms with E-state index >= 15 is 0 Å². The van der Waals surface area contributed by atoms with Crippen LogP contribution in [-0.2, 0) is 9.59 Å². The first-order chi connectivity index (χ1) is 9.18. The Labute approximate surface area is 116 Å². The number of fused-ring (bicyclic) bond motifs is 1. The predicted molar refractivity (Wildman–Crippen MR) is 72.1 cm³/mol. The molecule has 0 bridgehead atoms. The first kappa shape index (κ1) is 12.6. The summed E-state index contributed by atoms with van der Waals surface area (Å²) < 4.78 is 0. The standard InChI is InChI=1S/C14H15ClN2O2/c15-11-12(16-17-7-3-4-8-17)14(19)10-6-2-1-5-9(10)13(11)18/h1-2,5-6,9-10,16H,3-4,7-8H2. The third-order valence-electron chi connectivity index (χ3n) is 3.80. The molecule has 0 aromatic carbocycles. The van der Waals surface area contributed by atoms with Crippen molar-refractivity contribution >= 4 is 23.2 Å². The zero-order valence-corrected chi connectivity index (χ0v) is 11.2. The van der Waals surface area contributed by atoms with Crippen LogP contribution in [0.3, 0.4) is 0 Å². The van der Waals surface area contributed by atoms with Crippen molar-refractivity contribution in [2.75, 3.05) is 13.1 Å². The number of carbonyl (C=O) groups excluding carboxylic acids is 2. The van der Waals surface area contributed by atoms with Gasteiger partial charge in [0.15, 0.2) is 11.6 Å². The third kappa shape index (κ3) is 2.15. The molecule has 2 atom stereocenters. The minimum Gasteiger partial charge on any atom is -0.314 e. The van der Waals surface area contributed by atoms with Crippen LogP contribution in [-0.4, -0.2) is 29.7 Å². The normalized spacial score (nSPS) is 31.0. The highest BCUT2D eigenvalue weighted by molar-refractivity contribution is 6.46. The van der Waals surface area contributed by atoms with Crippen LogP contribution in [0.4, 0.5) is 0 Å². The molecule has 19 heavy (non-hydrogen) atoms. The van der Waals surface area contributed by atoms with Gasteiger partial charge < -0.3 is 5.43 Å². The van der Waals surface area contributed by atoms with Gasteiger partial charge in [-0.25, -0.2) is 5.01 Å². The molecule has 2 unspecified atom stereocenters. The zero-order valence-electron chi connectivity index (χ0n) is 10.4. The lowest BCUT2D eigenvalue weighted by Crippen LogP contribution is -2.45. The molecule has 100 valence electrons. The van der Waals surface area contributed by atoms with Crippen molar-refractivity contribution < 1.29 is 9.59 Å². The van der Waals surface area contributed by atoms with Crippen molar-refractivity contribution in [1.82, 2.24) is 10.4 Å². The van der Waals surface area contributed by atoms with Gasteiger partial charge in [0.2, 0.25) is 0 Å². The van der Waals surface area contributed by atoms with E-state index in [1.807, 2.05) is 5.01 Å². The smallest absolute Gasteiger partial charge is 0.189 e. The maximum atomic E-state index is 12.4. The van der Waals surface area contributed by atoms with Gasteiger partial charge in [-0.3, -0.25) is 9.59 Å². The minimum absolute atomic E-state index is 0.0399. The molecule has 3 rings (SSSR count). The summed E-state index contributed by atoms with van der Waals surface area (Å²) in [5.41, 5.74) is 3.29. The number of nitrogens with zero attached hydrogens (tertiary/aromatic N) is 1. The first-order valence-electron chi connectivity index (χ1n) is 6.53. The summed E-state index contributed by atoms with van der Waals surface area (Å²) in [5.74, 6) is -1.12. The van der Waals surface area contributed by atoms with Crippen molar-refractivity contribution in [1.29, 1.82) is 0 Å². The summed E-state index contributed by atoms with van der Waals surface area (Å²) >= 11 is 6.09. The van der Waals surface area contributed by atoms with E-state index in [1.54, 1.807) is 24.3 Å². The SMILES string of the molecule is O=C1C(Cl)=C(NN2CCCC2)C(=O)C2C=CC=CC12. The Bertz CT molecular complexity index is 516. The second-order valence-corrected chi connectivity index (χ2v) is 5.42. The van der Waals surface area contributed by atoms with Crippen molar-refractivity contribution in [2.24, 2.45) is 11.8 Å². The van der Waals surface area contributed by atoms with E-state index in [9.17, 15) is 9.59 Å². The number of allylic oxidation sites excluding steroid dienone is 6. The van der Waals surface area contributed by atoms with E-state index < -0.39 is 11.8 Å². The molecule has 1 fully saturated rings. The van der Waals surface area contributed by atoms with Crippen molar-refractivity contribution in [3.05, 3.63) is 35.0 Å². The van der Waals surface area contributed by atoms with E-state index in [0.717, 1.165) is 25.9 Å². The molecule has 3 aliphatic rings. The third-order valence-corrected chi connectivity index (χ3v) is 4.17. The molecule has 1 aliphatic heterocycles. The lowest BCUT2D eigenvalue weighted by Gasteiger charge is -2.30. The number of hydrazine groups is 1. The van der Waals surface area contributed by atoms with Crippen LogP contribution in [0.15, 0.2) is 35.0 Å². The highest BCUT2D eigenvalue weighted by atomic mass is 35.5. The Balaban J connectivity index is 1.90. The van der Waals surface area contributed by atoms with Gasteiger partial charge in [0.1, 0.15) is 10.7 Å². The first-order valence-corrected chi connectivity index (χ1v) is 6.91. The number of hydrogen-bond acceptors (Lipinski definition) is 4. The monoisotopic (exact) mass is 278 g/mol. The Morgan fingerprint density at radius 3 is 2.26 bits per heavy atom. The fourth-order valence-electron chi connectivity index (χ4n) is 2.74. The Morgan fingerprint density at radius 2 is 1.63 bits per heavy atom. The molecule has 2 aliphatic carbocycles. The molecule has 4 nitrogen and oxygen atoms in total. The van der Waals surface area contributed by atoms with E-state index in [0.29, 0.717) is 0 Å². The summed E-state index contributed by atoms with van der Waals surface area (Å²) in [6, 6.07) is 0. The number of hydrogen-bond donors (Lipinski definition) is 1. The average molecular weight is 279 g/mol. The van der Waals surface area contributed by atoms with Gasteiger partial charge in [0.05, 0.1) is 11.8 Å². The number of Topliss-reactive ketones (excluding diaryl/α,β-unsaturated/α-hetero) is 2. The summed E-state index contributed by atoms with van der Waals surface area (Å²) in [4.78, 5) is 24.6. The lowest BCUT2D eigenvalue weighted by atomic mass is 9.77. The van der Waals surface area contributed by atoms with Crippen LogP contribution in [0, 0.1) is 11.8 Å². The van der Waals surface area contributed by atoms with Crippen molar-refractivity contribution in [3.8, 4) is 0 Å². The second-order valence-electron chi connectivity index (χ2n) is 5.04. The highest BCUT2D eigenvalue weighted by Gasteiger charge is 2.41. The highest BCUT2D eigenvalue weighted by Crippen LogP contribution is 2.33. The number of carbonyl (C=O) groups is 2. The average Bonchev–Trinajstić information content (AvgIpc) is 2.94. The molecule has 1 heterocycles. The lowest BCUT2D eigenvalue weighted by molar-refractivity contribution is -0.127. The zero-order chi connectivity index (χ0) is 13.4. The van der Waals surface area contributed by atoms with Crippen molar-refractivity contribution in [2.45, 2.75) is 12.8 Å². The van der Waals surface area contributed by atoms with Gasteiger partial charge in [-0.15, -0.1) is 0 Å². The van der Waals surface area contributed by atoms with Gasteiger partial charge in [0, 0.05) is 13.1 Å². The Hall–Kier alpha value is -1.39. The minimum atomic E-state index is -0.436. The van der Waals surface area contributed by atoms with Gasteiger partial charge in [-0.1, -0.05) is 35.9 Å². The molecule has 1 N–H and O–H groups in total. The van der Waals surface area contributed by atoms with Crippen molar-refractivity contribution in [3.63, 3.8) is 0 Å². The number of rotatable bonds is 2. The Kier molecular flexibility index (Phi) is 3.29. The molecular weight excluding hydrogens is 264 g/mol. The second kappa shape index (κ2) is 4.94. The fraction of sp³-hybridized carbons (Fsp3) is 0.429. The predicted octanol–water partition coefficient (Wildman–Crippen LogP) is 1.55. The molecule has 0 amide bonds. The van der Waals surface area contributed by atoms with Crippen LogP contribution in [0.25, 0.3) is 0 Å². The van der Waals surface area contributed by atoms with Crippen LogP contribution in [0.2, 0.25) is 0 Å². The van der Waals surface area contributed by atoms with E-state index in [-0.39, 0.29) is 22.3 Å². The maximum Gasteiger partial charge on any atom is 0.189 e. The quantitative estimate of drug-likeness (QED) is 0.833. The molecule has 0 aromatic heterocycles. The Morgan fingerprint density at radius 1 is 1.05 bits per heavy atom. The van der Waals surface area contributed by atoms with Crippen LogP contribution in [0.5, 0.6) is 0 Å². The topological polar surface area (TPSA) is 49.4 Å². The van der Waals surface area contributed by atoms with Gasteiger partial charge in [-0.05, 0) is 12.8 Å². The van der Waals surface area contributed by atoms with Crippen LogP contribution in [0.1, 0.15) is 12.8 Å². The van der Waals surface area contributed by atoms with Gasteiger partial charge in [-0.2, -0.15) is 0 Å². The molecule has 1 saturated heterocycles. The number of ketones is 2. The summed E-state index contributed by atoms with van der Waals surface area (Å²) in [5, 5.41) is 1.99. The summed E-state index contributed by atoms with van der Waals surface area (Å²) in [7, 11) is 0. The van der Waals surface area contributed by atoms with Gasteiger partial charge >= 0.3 is 0 Å². The molecule has 0 saturated carbocycles. The van der Waals surface area contributed by atoms with Gasteiger partial charge in [0.25, 0.3) is 0 Å². The van der Waals surface area contributed by atoms with E-state index in [1.165, 1.54) is 0 Å². The van der Waals surface area contributed by atoms with Crippen LogP contribution < -0.4 is 5.43 Å². The molecule has 5 heteroatoms. The number of halogens is 1. The van der Waals surface area contributed by atoms with E-state index in [4.69, 9.17) is 11.6 Å². The molecule has 0 radical (unpaired) electrons. The maximum absolute atomic E-state index is 12.4. The molecular formula is C14H15ClN2O2. The summed E-state index contributed by atoms with van der Waals surface area (Å²) in [6.07, 6.45) is 9.30.